The van der Waals surface area contributed by atoms with Gasteiger partial charge in [-0.1, -0.05) is 18.2 Å². The first kappa shape index (κ1) is 14.5. The number of benzene rings is 1. The van der Waals surface area contributed by atoms with E-state index in [0.29, 0.717) is 16.2 Å². The number of anilines is 1. The summed E-state index contributed by atoms with van der Waals surface area (Å²) in [7, 11) is 0. The molecular weight excluding hydrogens is 320 g/mol. The van der Waals surface area contributed by atoms with Crippen molar-refractivity contribution in [2.75, 3.05) is 5.32 Å². The molecule has 0 bridgehead atoms. The summed E-state index contributed by atoms with van der Waals surface area (Å²) < 4.78 is 0. The molecule has 0 aliphatic heterocycles. The first-order chi connectivity index (χ1) is 11.8. The van der Waals surface area contributed by atoms with E-state index >= 15 is 0 Å². The van der Waals surface area contributed by atoms with Gasteiger partial charge in [0, 0.05) is 34.9 Å². The van der Waals surface area contributed by atoms with Gasteiger partial charge in [0.1, 0.15) is 0 Å². The van der Waals surface area contributed by atoms with Crippen molar-refractivity contribution < 1.29 is 4.79 Å². The first-order valence-corrected chi connectivity index (χ1v) is 8.20. The molecule has 0 atom stereocenters. The summed E-state index contributed by atoms with van der Waals surface area (Å²) in [4.78, 5) is 25.4. The van der Waals surface area contributed by atoms with Gasteiger partial charge in [-0.3, -0.25) is 20.1 Å². The zero-order chi connectivity index (χ0) is 16.4. The molecule has 24 heavy (non-hydrogen) atoms. The van der Waals surface area contributed by atoms with Gasteiger partial charge in [0.15, 0.2) is 5.13 Å². The molecule has 0 aliphatic rings. The molecule has 5 nitrogen and oxygen atoms in total. The lowest BCUT2D eigenvalue weighted by Crippen LogP contribution is -2.12. The Balaban J connectivity index is 1.61. The number of nitrogens with zero attached hydrogens (tertiary/aromatic N) is 3. The number of nitrogens with one attached hydrogen (secondary N) is 1. The molecule has 0 saturated carbocycles. The van der Waals surface area contributed by atoms with Crippen molar-refractivity contribution in [1.29, 1.82) is 0 Å². The normalized spacial score (nSPS) is 10.7. The minimum atomic E-state index is -0.216. The van der Waals surface area contributed by atoms with Crippen LogP contribution in [0.1, 0.15) is 10.4 Å². The van der Waals surface area contributed by atoms with Crippen molar-refractivity contribution in [2.24, 2.45) is 0 Å². The number of rotatable bonds is 3. The van der Waals surface area contributed by atoms with E-state index in [1.54, 1.807) is 24.7 Å². The fourth-order valence-corrected chi connectivity index (χ4v) is 3.14. The zero-order valence-electron chi connectivity index (χ0n) is 12.5. The van der Waals surface area contributed by atoms with Crippen LogP contribution in [0.25, 0.3) is 22.2 Å². The van der Waals surface area contributed by atoms with E-state index in [-0.39, 0.29) is 5.91 Å². The topological polar surface area (TPSA) is 67.8 Å². The molecule has 6 heteroatoms. The van der Waals surface area contributed by atoms with Crippen molar-refractivity contribution in [2.45, 2.75) is 0 Å². The highest BCUT2D eigenvalue weighted by Crippen LogP contribution is 2.25. The van der Waals surface area contributed by atoms with Crippen LogP contribution in [-0.2, 0) is 0 Å². The Morgan fingerprint density at radius 2 is 1.92 bits per heavy atom. The Morgan fingerprint density at radius 1 is 1.04 bits per heavy atom. The molecule has 1 amide bonds. The molecule has 3 heterocycles. The number of fused-ring (bicyclic) bond motifs is 1. The maximum absolute atomic E-state index is 12.6. The van der Waals surface area contributed by atoms with Gasteiger partial charge in [0.05, 0.1) is 16.8 Å². The van der Waals surface area contributed by atoms with Gasteiger partial charge in [0.2, 0.25) is 0 Å². The van der Waals surface area contributed by atoms with Crippen molar-refractivity contribution in [3.63, 3.8) is 0 Å². The molecule has 4 aromatic rings. The highest BCUT2D eigenvalue weighted by atomic mass is 32.1. The maximum atomic E-state index is 12.6. The summed E-state index contributed by atoms with van der Waals surface area (Å²) in [6, 6.07) is 13.1. The molecule has 116 valence electrons. The van der Waals surface area contributed by atoms with Crippen molar-refractivity contribution in [1.82, 2.24) is 15.0 Å². The lowest BCUT2D eigenvalue weighted by Gasteiger charge is -2.05. The summed E-state index contributed by atoms with van der Waals surface area (Å²) in [6.07, 6.45) is 5.14. The van der Waals surface area contributed by atoms with Crippen LogP contribution in [0, 0.1) is 0 Å². The second-order valence-corrected chi connectivity index (χ2v) is 5.97. The van der Waals surface area contributed by atoms with Crippen LogP contribution in [0.4, 0.5) is 5.13 Å². The molecule has 0 spiro atoms. The molecule has 3 aromatic heterocycles. The summed E-state index contributed by atoms with van der Waals surface area (Å²) in [6.45, 7) is 0. The van der Waals surface area contributed by atoms with Crippen molar-refractivity contribution in [3.05, 3.63) is 72.0 Å². The highest BCUT2D eigenvalue weighted by Gasteiger charge is 2.13. The van der Waals surface area contributed by atoms with E-state index in [0.717, 1.165) is 16.6 Å². The minimum absolute atomic E-state index is 0.216. The summed E-state index contributed by atoms with van der Waals surface area (Å²) >= 11 is 1.38. The first-order valence-electron chi connectivity index (χ1n) is 7.32. The van der Waals surface area contributed by atoms with Gasteiger partial charge >= 0.3 is 0 Å². The van der Waals surface area contributed by atoms with Gasteiger partial charge in [-0.05, 0) is 24.3 Å². The Kier molecular flexibility index (Phi) is 3.72. The van der Waals surface area contributed by atoms with E-state index in [9.17, 15) is 4.79 Å². The number of carbonyl (C=O) groups is 1. The van der Waals surface area contributed by atoms with Crippen molar-refractivity contribution >= 4 is 33.3 Å². The maximum Gasteiger partial charge on any atom is 0.259 e. The second kappa shape index (κ2) is 6.17. The van der Waals surface area contributed by atoms with Crippen LogP contribution in [0.2, 0.25) is 0 Å². The van der Waals surface area contributed by atoms with Crippen LogP contribution in [0.3, 0.4) is 0 Å². The van der Waals surface area contributed by atoms with Crippen LogP contribution >= 0.6 is 11.3 Å². The van der Waals surface area contributed by atoms with Crippen LogP contribution < -0.4 is 5.32 Å². The molecule has 4 rings (SSSR count). The average Bonchev–Trinajstić information content (AvgIpc) is 3.10. The third kappa shape index (κ3) is 2.75. The number of amides is 1. The molecule has 0 aliphatic carbocycles. The Morgan fingerprint density at radius 3 is 2.79 bits per heavy atom. The molecular formula is C18H12N4OS. The fourth-order valence-electron chi connectivity index (χ4n) is 2.43. The van der Waals surface area contributed by atoms with Gasteiger partial charge in [0.25, 0.3) is 5.91 Å². The van der Waals surface area contributed by atoms with Gasteiger partial charge in [-0.15, -0.1) is 11.3 Å². The van der Waals surface area contributed by atoms with E-state index in [2.05, 4.69) is 20.3 Å². The number of pyridine rings is 2. The van der Waals surface area contributed by atoms with Gasteiger partial charge < -0.3 is 0 Å². The number of carbonyl (C=O) groups excluding carboxylic acids is 1. The third-order valence-corrected chi connectivity index (χ3v) is 4.32. The monoisotopic (exact) mass is 332 g/mol. The SMILES string of the molecule is O=C(Nc1nc(-c2cccnc2)cs1)c1cccc2cccnc12. The average molecular weight is 332 g/mol. The van der Waals surface area contributed by atoms with Crippen LogP contribution in [0.5, 0.6) is 0 Å². The third-order valence-electron chi connectivity index (χ3n) is 3.56. The highest BCUT2D eigenvalue weighted by molar-refractivity contribution is 7.14. The number of thiazole rings is 1. The molecule has 0 radical (unpaired) electrons. The Bertz CT molecular complexity index is 1010. The predicted octanol–water partition coefficient (Wildman–Crippen LogP) is 4.01. The quantitative estimate of drug-likeness (QED) is 0.615. The number of aromatic nitrogens is 3. The predicted molar refractivity (Wildman–Crippen MR) is 95.0 cm³/mol. The molecule has 0 fully saturated rings. The minimum Gasteiger partial charge on any atom is -0.298 e. The second-order valence-electron chi connectivity index (χ2n) is 5.11. The smallest absolute Gasteiger partial charge is 0.259 e. The molecule has 0 unspecified atom stereocenters. The summed E-state index contributed by atoms with van der Waals surface area (Å²) in [5.41, 5.74) is 2.92. The summed E-state index contributed by atoms with van der Waals surface area (Å²) in [5, 5.41) is 6.22. The number of hydrogen-bond acceptors (Lipinski definition) is 5. The number of hydrogen-bond donors (Lipinski definition) is 1. The van der Waals surface area contributed by atoms with Gasteiger partial charge in [-0.25, -0.2) is 4.98 Å². The van der Waals surface area contributed by atoms with E-state index < -0.39 is 0 Å². The molecule has 1 N–H and O–H groups in total. The fraction of sp³-hybridized carbons (Fsp3) is 0. The van der Waals surface area contributed by atoms with Crippen molar-refractivity contribution in [3.8, 4) is 11.3 Å². The Labute approximate surface area is 142 Å². The largest absolute Gasteiger partial charge is 0.298 e. The van der Waals surface area contributed by atoms with Crippen LogP contribution in [-0.4, -0.2) is 20.9 Å². The standard InChI is InChI=1S/C18H12N4OS/c23-17(14-7-1-4-12-5-3-9-20-16(12)14)22-18-21-15(11-24-18)13-6-2-8-19-10-13/h1-11H,(H,21,22,23). The molecule has 0 saturated heterocycles. The lowest BCUT2D eigenvalue weighted by molar-refractivity contribution is 0.102. The molecule has 1 aromatic carbocycles. The van der Waals surface area contributed by atoms with Gasteiger partial charge in [-0.2, -0.15) is 0 Å². The zero-order valence-corrected chi connectivity index (χ0v) is 13.3. The van der Waals surface area contributed by atoms with Crippen LogP contribution in [0.15, 0.2) is 66.4 Å². The van der Waals surface area contributed by atoms with E-state index in [4.69, 9.17) is 0 Å². The Hall–Kier alpha value is -3.12. The number of para-hydroxylation sites is 1. The lowest BCUT2D eigenvalue weighted by atomic mass is 10.1. The summed E-state index contributed by atoms with van der Waals surface area (Å²) in [5.74, 6) is -0.216. The van der Waals surface area contributed by atoms with E-state index in [1.807, 2.05) is 41.8 Å². The van der Waals surface area contributed by atoms with E-state index in [1.165, 1.54) is 11.3 Å².